The van der Waals surface area contributed by atoms with Crippen molar-refractivity contribution in [3.63, 3.8) is 0 Å². The van der Waals surface area contributed by atoms with Gasteiger partial charge in [0.25, 0.3) is 0 Å². The minimum absolute atomic E-state index is 0.197. The molecule has 2 heteroatoms. The van der Waals surface area contributed by atoms with Crippen molar-refractivity contribution in [1.82, 2.24) is 0 Å². The molecule has 0 atom stereocenters. The molecule has 2 aromatic carbocycles. The fraction of sp³-hybridized carbons (Fsp3) is 0.150. The highest BCUT2D eigenvalue weighted by atomic mass is 19.1. The second kappa shape index (κ2) is 4.77. The zero-order valence-corrected chi connectivity index (χ0v) is 12.7. The number of nitrogens with zero attached hydrogens (tertiary/aromatic N) is 1. The summed E-state index contributed by atoms with van der Waals surface area (Å²) in [6.07, 6.45) is 2.16. The first-order valence-corrected chi connectivity index (χ1v) is 7.52. The summed E-state index contributed by atoms with van der Waals surface area (Å²) in [5, 5.41) is 0. The maximum atomic E-state index is 13.1. The maximum Gasteiger partial charge on any atom is 0.216 e. The predicted octanol–water partition coefficient (Wildman–Crippen LogP) is 4.43. The summed E-state index contributed by atoms with van der Waals surface area (Å²) in [7, 11) is 0. The van der Waals surface area contributed by atoms with Gasteiger partial charge in [-0.1, -0.05) is 24.3 Å². The number of benzene rings is 2. The van der Waals surface area contributed by atoms with E-state index in [2.05, 4.69) is 48.9 Å². The van der Waals surface area contributed by atoms with E-state index in [4.69, 9.17) is 0 Å². The Bertz CT molecular complexity index is 879. The van der Waals surface area contributed by atoms with E-state index >= 15 is 0 Å². The molecule has 0 fully saturated rings. The van der Waals surface area contributed by atoms with Crippen molar-refractivity contribution in [2.24, 2.45) is 0 Å². The van der Waals surface area contributed by atoms with E-state index in [1.807, 2.05) is 12.1 Å². The first-order chi connectivity index (χ1) is 10.6. The maximum absolute atomic E-state index is 13.1. The molecule has 0 N–H and O–H groups in total. The minimum atomic E-state index is -0.197. The number of halogens is 1. The minimum Gasteiger partial charge on any atom is -0.207 e. The Labute approximate surface area is 129 Å². The number of aryl methyl sites for hydroxylation is 1. The van der Waals surface area contributed by atoms with Crippen LogP contribution in [0.1, 0.15) is 16.7 Å². The number of hydrogen-bond acceptors (Lipinski definition) is 0. The van der Waals surface area contributed by atoms with Gasteiger partial charge in [0.05, 0.1) is 5.56 Å². The largest absolute Gasteiger partial charge is 0.216 e. The Kier molecular flexibility index (Phi) is 2.86. The summed E-state index contributed by atoms with van der Waals surface area (Å²) < 4.78 is 15.4. The third kappa shape index (κ3) is 1.95. The van der Waals surface area contributed by atoms with Crippen LogP contribution in [0.3, 0.4) is 0 Å². The first kappa shape index (κ1) is 13.2. The Morgan fingerprint density at radius 3 is 2.41 bits per heavy atom. The van der Waals surface area contributed by atoms with E-state index in [9.17, 15) is 4.39 Å². The zero-order valence-electron chi connectivity index (χ0n) is 12.7. The lowest BCUT2D eigenvalue weighted by Crippen LogP contribution is -2.32. The molecule has 0 spiro atoms. The van der Waals surface area contributed by atoms with Gasteiger partial charge < -0.3 is 0 Å². The summed E-state index contributed by atoms with van der Waals surface area (Å²) in [5.74, 6) is -0.197. The van der Waals surface area contributed by atoms with Gasteiger partial charge in [0.2, 0.25) is 5.69 Å². The fourth-order valence-corrected chi connectivity index (χ4v) is 3.23. The molecular formula is C20H17FN+. The number of rotatable bonds is 1. The number of aromatic nitrogens is 1. The van der Waals surface area contributed by atoms with E-state index in [-0.39, 0.29) is 5.82 Å². The van der Waals surface area contributed by atoms with Crippen LogP contribution >= 0.6 is 0 Å². The normalized spacial score (nSPS) is 12.1. The molecule has 0 saturated heterocycles. The third-order valence-corrected chi connectivity index (χ3v) is 4.62. The lowest BCUT2D eigenvalue weighted by atomic mass is 9.97. The van der Waals surface area contributed by atoms with Crippen LogP contribution in [0.2, 0.25) is 0 Å². The molecular weight excluding hydrogens is 273 g/mol. The van der Waals surface area contributed by atoms with Crippen molar-refractivity contribution in [3.05, 3.63) is 77.2 Å². The van der Waals surface area contributed by atoms with Crippen LogP contribution in [-0.4, -0.2) is 0 Å². The van der Waals surface area contributed by atoms with Gasteiger partial charge >= 0.3 is 0 Å². The van der Waals surface area contributed by atoms with E-state index < -0.39 is 0 Å². The van der Waals surface area contributed by atoms with Crippen LogP contribution in [0.15, 0.2) is 54.7 Å². The molecule has 4 rings (SSSR count). The molecule has 1 aliphatic rings. The van der Waals surface area contributed by atoms with E-state index in [1.165, 1.54) is 40.1 Å². The van der Waals surface area contributed by atoms with Crippen molar-refractivity contribution in [3.8, 4) is 22.4 Å². The average molecular weight is 290 g/mol. The Hall–Kier alpha value is -2.48. The van der Waals surface area contributed by atoms with E-state index in [0.717, 1.165) is 17.7 Å². The second-order valence-electron chi connectivity index (χ2n) is 5.98. The van der Waals surface area contributed by atoms with Gasteiger partial charge in [-0.05, 0) is 48.7 Å². The zero-order chi connectivity index (χ0) is 15.3. The average Bonchev–Trinajstić information content (AvgIpc) is 2.90. The van der Waals surface area contributed by atoms with Gasteiger partial charge in [-0.3, -0.25) is 0 Å². The lowest BCUT2D eigenvalue weighted by Gasteiger charge is -2.05. The van der Waals surface area contributed by atoms with Crippen molar-refractivity contribution in [1.29, 1.82) is 0 Å². The molecule has 1 aliphatic heterocycles. The SMILES string of the molecule is Cc1cc[n+]2c(c1C)-c1cc(-c3ccc(F)cc3)ccc1C2. The molecule has 1 aromatic heterocycles. The molecule has 0 saturated carbocycles. The molecule has 3 aromatic rings. The van der Waals surface area contributed by atoms with E-state index in [1.54, 1.807) is 0 Å². The van der Waals surface area contributed by atoms with Crippen LogP contribution in [-0.2, 0) is 6.54 Å². The summed E-state index contributed by atoms with van der Waals surface area (Å²) >= 11 is 0. The van der Waals surface area contributed by atoms with Crippen LogP contribution in [0.5, 0.6) is 0 Å². The van der Waals surface area contributed by atoms with Gasteiger partial charge in [0.15, 0.2) is 12.7 Å². The molecule has 2 heterocycles. The molecule has 108 valence electrons. The standard InChI is InChI=1S/C20H17FN/c1-13-9-10-22-12-17-4-3-16(11-19(17)20(22)14(13)2)15-5-7-18(21)8-6-15/h3-11H,12H2,1-2H3/q+1. The summed E-state index contributed by atoms with van der Waals surface area (Å²) in [4.78, 5) is 0. The Balaban J connectivity index is 1.89. The molecule has 22 heavy (non-hydrogen) atoms. The predicted molar refractivity (Wildman–Crippen MR) is 86.0 cm³/mol. The lowest BCUT2D eigenvalue weighted by molar-refractivity contribution is -0.672. The van der Waals surface area contributed by atoms with Crippen molar-refractivity contribution in [2.75, 3.05) is 0 Å². The van der Waals surface area contributed by atoms with Crippen LogP contribution < -0.4 is 4.57 Å². The fourth-order valence-electron chi connectivity index (χ4n) is 3.23. The summed E-state index contributed by atoms with van der Waals surface area (Å²) in [5.41, 5.74) is 8.77. The smallest absolute Gasteiger partial charge is 0.207 e. The molecule has 0 bridgehead atoms. The molecule has 0 amide bonds. The molecule has 0 radical (unpaired) electrons. The summed E-state index contributed by atoms with van der Waals surface area (Å²) in [6.45, 7) is 5.26. The van der Waals surface area contributed by atoms with Crippen LogP contribution in [0, 0.1) is 19.7 Å². The van der Waals surface area contributed by atoms with Crippen molar-refractivity contribution >= 4 is 0 Å². The number of pyridine rings is 1. The highest BCUT2D eigenvalue weighted by Gasteiger charge is 2.28. The molecule has 0 aliphatic carbocycles. The van der Waals surface area contributed by atoms with Crippen molar-refractivity contribution < 1.29 is 8.96 Å². The van der Waals surface area contributed by atoms with E-state index in [0.29, 0.717) is 0 Å². The third-order valence-electron chi connectivity index (χ3n) is 4.62. The Morgan fingerprint density at radius 2 is 1.64 bits per heavy atom. The van der Waals surface area contributed by atoms with Gasteiger partial charge in [-0.25, -0.2) is 4.39 Å². The number of fused-ring (bicyclic) bond motifs is 3. The molecule has 1 nitrogen and oxygen atoms in total. The Morgan fingerprint density at radius 1 is 0.909 bits per heavy atom. The van der Waals surface area contributed by atoms with Crippen molar-refractivity contribution in [2.45, 2.75) is 20.4 Å². The van der Waals surface area contributed by atoms with Gasteiger partial charge in [-0.2, -0.15) is 4.57 Å². The second-order valence-corrected chi connectivity index (χ2v) is 5.98. The van der Waals surface area contributed by atoms with Gasteiger partial charge in [0.1, 0.15) is 5.82 Å². The van der Waals surface area contributed by atoms with Gasteiger partial charge in [0, 0.05) is 17.2 Å². The highest BCUT2D eigenvalue weighted by Crippen LogP contribution is 2.34. The first-order valence-electron chi connectivity index (χ1n) is 7.52. The number of hydrogen-bond donors (Lipinski definition) is 0. The topological polar surface area (TPSA) is 3.88 Å². The summed E-state index contributed by atoms with van der Waals surface area (Å²) in [6, 6.07) is 15.4. The monoisotopic (exact) mass is 290 g/mol. The highest BCUT2D eigenvalue weighted by molar-refractivity contribution is 5.75. The van der Waals surface area contributed by atoms with Gasteiger partial charge in [-0.15, -0.1) is 0 Å². The van der Waals surface area contributed by atoms with Crippen LogP contribution in [0.4, 0.5) is 4.39 Å². The quantitative estimate of drug-likeness (QED) is 0.457. The van der Waals surface area contributed by atoms with Crippen LogP contribution in [0.25, 0.3) is 22.4 Å². The molecule has 0 unspecified atom stereocenters.